The van der Waals surface area contributed by atoms with Crippen molar-refractivity contribution in [2.24, 2.45) is 0 Å². The molecule has 0 fully saturated rings. The summed E-state index contributed by atoms with van der Waals surface area (Å²) >= 11 is 0. The van der Waals surface area contributed by atoms with Crippen LogP contribution in [0.15, 0.2) is 30.9 Å². The van der Waals surface area contributed by atoms with E-state index in [-0.39, 0.29) is 0 Å². The number of benzene rings is 1. The van der Waals surface area contributed by atoms with Gasteiger partial charge in [-0.05, 0) is 38.1 Å². The maximum Gasteiger partial charge on any atom is 0.161 e. The third kappa shape index (κ3) is 4.49. The summed E-state index contributed by atoms with van der Waals surface area (Å²) in [6.07, 6.45) is 1.90. The summed E-state index contributed by atoms with van der Waals surface area (Å²) in [6, 6.07) is 6.10. The third-order valence-electron chi connectivity index (χ3n) is 2.32. The molecule has 3 nitrogen and oxygen atoms in total. The van der Waals surface area contributed by atoms with Gasteiger partial charge < -0.3 is 14.8 Å². The minimum atomic E-state index is 0.653. The number of hydrogen-bond donors (Lipinski definition) is 1. The van der Waals surface area contributed by atoms with Crippen LogP contribution in [0, 0.1) is 0 Å². The Labute approximate surface area is 103 Å². The molecule has 1 rings (SSSR count). The van der Waals surface area contributed by atoms with E-state index in [2.05, 4.69) is 18.0 Å². The highest BCUT2D eigenvalue weighted by atomic mass is 16.5. The third-order valence-corrected chi connectivity index (χ3v) is 2.32. The van der Waals surface area contributed by atoms with Gasteiger partial charge in [-0.25, -0.2) is 0 Å². The molecule has 0 unspecified atom stereocenters. The molecule has 3 heteroatoms. The zero-order valence-electron chi connectivity index (χ0n) is 10.7. The lowest BCUT2D eigenvalue weighted by Gasteiger charge is -2.11. The first-order valence-corrected chi connectivity index (χ1v) is 6.12. The van der Waals surface area contributed by atoms with Crippen LogP contribution < -0.4 is 14.8 Å². The average Bonchev–Trinajstić information content (AvgIpc) is 2.33. The van der Waals surface area contributed by atoms with Gasteiger partial charge >= 0.3 is 0 Å². The molecule has 1 aromatic carbocycles. The van der Waals surface area contributed by atoms with E-state index in [0.29, 0.717) is 13.2 Å². The first kappa shape index (κ1) is 13.6. The molecule has 0 atom stereocenters. The monoisotopic (exact) mass is 236 g/mol. The molecule has 0 amide bonds. The molecule has 0 aromatic heterocycles. The van der Waals surface area contributed by atoms with E-state index in [1.165, 1.54) is 5.56 Å². The molecular formula is C14H22NO2+. The van der Waals surface area contributed by atoms with Crippen molar-refractivity contribution < 1.29 is 14.8 Å². The van der Waals surface area contributed by atoms with Crippen LogP contribution >= 0.6 is 0 Å². The SMILES string of the molecule is C=CC[NH2+]Cc1ccc(OCC)c(OCC)c1. The van der Waals surface area contributed by atoms with Gasteiger partial charge in [-0.3, -0.25) is 0 Å². The molecule has 1 aromatic rings. The molecule has 0 heterocycles. The van der Waals surface area contributed by atoms with Crippen molar-refractivity contribution in [1.29, 1.82) is 0 Å². The number of rotatable bonds is 8. The van der Waals surface area contributed by atoms with E-state index >= 15 is 0 Å². The summed E-state index contributed by atoms with van der Waals surface area (Å²) in [6.45, 7) is 10.8. The van der Waals surface area contributed by atoms with Crippen molar-refractivity contribution in [3.8, 4) is 11.5 Å². The minimum Gasteiger partial charge on any atom is -0.490 e. The van der Waals surface area contributed by atoms with Crippen LogP contribution in [0.3, 0.4) is 0 Å². The smallest absolute Gasteiger partial charge is 0.161 e. The van der Waals surface area contributed by atoms with Crippen molar-refractivity contribution in [2.75, 3.05) is 19.8 Å². The molecule has 0 bridgehead atoms. The van der Waals surface area contributed by atoms with Crippen molar-refractivity contribution in [3.63, 3.8) is 0 Å². The fourth-order valence-corrected chi connectivity index (χ4v) is 1.59. The molecule has 0 aliphatic rings. The van der Waals surface area contributed by atoms with Gasteiger partial charge in [-0.15, -0.1) is 0 Å². The standard InChI is InChI=1S/C14H21NO2/c1-4-9-15-11-12-7-8-13(16-5-2)14(10-12)17-6-3/h4,7-8,10,15H,1,5-6,9,11H2,2-3H3/p+1. The topological polar surface area (TPSA) is 35.1 Å². The summed E-state index contributed by atoms with van der Waals surface area (Å²) < 4.78 is 11.1. The number of nitrogens with two attached hydrogens (primary N) is 1. The Hall–Kier alpha value is -1.48. The van der Waals surface area contributed by atoms with Gasteiger partial charge in [0.25, 0.3) is 0 Å². The van der Waals surface area contributed by atoms with E-state index in [1.807, 2.05) is 32.1 Å². The quantitative estimate of drug-likeness (QED) is 0.551. The molecule has 0 saturated carbocycles. The Kier molecular flexibility index (Phi) is 6.18. The summed E-state index contributed by atoms with van der Waals surface area (Å²) in [5.74, 6) is 1.65. The molecule has 94 valence electrons. The van der Waals surface area contributed by atoms with Gasteiger partial charge in [0.05, 0.1) is 19.8 Å². The number of quaternary nitrogens is 1. The first-order chi connectivity index (χ1) is 8.31. The van der Waals surface area contributed by atoms with Gasteiger partial charge in [-0.1, -0.05) is 6.58 Å². The van der Waals surface area contributed by atoms with Crippen molar-refractivity contribution in [1.82, 2.24) is 0 Å². The fourth-order valence-electron chi connectivity index (χ4n) is 1.59. The van der Waals surface area contributed by atoms with Crippen LogP contribution in [0.1, 0.15) is 19.4 Å². The van der Waals surface area contributed by atoms with Gasteiger partial charge in [0.1, 0.15) is 6.54 Å². The molecule has 0 radical (unpaired) electrons. The van der Waals surface area contributed by atoms with Crippen LogP contribution in [-0.2, 0) is 6.54 Å². The van der Waals surface area contributed by atoms with Gasteiger partial charge in [0, 0.05) is 5.56 Å². The predicted molar refractivity (Wildman–Crippen MR) is 69.5 cm³/mol. The Morgan fingerprint density at radius 1 is 1.18 bits per heavy atom. The molecule has 0 aliphatic heterocycles. The fraction of sp³-hybridized carbons (Fsp3) is 0.429. The van der Waals surface area contributed by atoms with Crippen LogP contribution in [0.25, 0.3) is 0 Å². The van der Waals surface area contributed by atoms with E-state index in [4.69, 9.17) is 9.47 Å². The molecule has 0 saturated heterocycles. The van der Waals surface area contributed by atoms with E-state index in [0.717, 1.165) is 24.6 Å². The largest absolute Gasteiger partial charge is 0.490 e. The van der Waals surface area contributed by atoms with Crippen LogP contribution in [-0.4, -0.2) is 19.8 Å². The lowest BCUT2D eigenvalue weighted by Crippen LogP contribution is -2.82. The molecule has 17 heavy (non-hydrogen) atoms. The van der Waals surface area contributed by atoms with Gasteiger partial charge in [0.2, 0.25) is 0 Å². The maximum absolute atomic E-state index is 5.58. The Balaban J connectivity index is 2.73. The van der Waals surface area contributed by atoms with Crippen LogP contribution in [0.5, 0.6) is 11.5 Å². The first-order valence-electron chi connectivity index (χ1n) is 6.12. The van der Waals surface area contributed by atoms with E-state index in [1.54, 1.807) is 0 Å². The zero-order valence-corrected chi connectivity index (χ0v) is 10.7. The lowest BCUT2D eigenvalue weighted by molar-refractivity contribution is -0.662. The summed E-state index contributed by atoms with van der Waals surface area (Å²) in [4.78, 5) is 0. The molecule has 0 aliphatic carbocycles. The van der Waals surface area contributed by atoms with Crippen molar-refractivity contribution in [2.45, 2.75) is 20.4 Å². The summed E-state index contributed by atoms with van der Waals surface area (Å²) in [5.41, 5.74) is 1.23. The predicted octanol–water partition coefficient (Wildman–Crippen LogP) is 1.73. The summed E-state index contributed by atoms with van der Waals surface area (Å²) in [7, 11) is 0. The second-order valence-corrected chi connectivity index (χ2v) is 3.66. The zero-order chi connectivity index (χ0) is 12.5. The number of ether oxygens (including phenoxy) is 2. The Bertz CT molecular complexity index is 350. The molecule has 2 N–H and O–H groups in total. The van der Waals surface area contributed by atoms with Gasteiger partial charge in [-0.2, -0.15) is 0 Å². The molecule has 0 spiro atoms. The molecular weight excluding hydrogens is 214 g/mol. The Morgan fingerprint density at radius 3 is 2.53 bits per heavy atom. The second kappa shape index (κ2) is 7.74. The normalized spacial score (nSPS) is 10.0. The highest BCUT2D eigenvalue weighted by molar-refractivity contribution is 5.42. The second-order valence-electron chi connectivity index (χ2n) is 3.66. The summed E-state index contributed by atoms with van der Waals surface area (Å²) in [5, 5.41) is 2.19. The van der Waals surface area contributed by atoms with Crippen molar-refractivity contribution in [3.05, 3.63) is 36.4 Å². The Morgan fingerprint density at radius 2 is 1.88 bits per heavy atom. The van der Waals surface area contributed by atoms with Crippen molar-refractivity contribution >= 4 is 0 Å². The number of hydrogen-bond acceptors (Lipinski definition) is 2. The highest BCUT2D eigenvalue weighted by Gasteiger charge is 2.06. The van der Waals surface area contributed by atoms with Crippen LogP contribution in [0.4, 0.5) is 0 Å². The minimum absolute atomic E-state index is 0.653. The average molecular weight is 236 g/mol. The maximum atomic E-state index is 5.58. The van der Waals surface area contributed by atoms with E-state index in [9.17, 15) is 0 Å². The highest BCUT2D eigenvalue weighted by Crippen LogP contribution is 2.28. The van der Waals surface area contributed by atoms with Gasteiger partial charge in [0.15, 0.2) is 11.5 Å². The lowest BCUT2D eigenvalue weighted by atomic mass is 10.2. The van der Waals surface area contributed by atoms with Crippen LogP contribution in [0.2, 0.25) is 0 Å². The van der Waals surface area contributed by atoms with E-state index < -0.39 is 0 Å².